The number of carbonyl (C=O) groups excluding carboxylic acids is 3. The number of nitrogens with zero attached hydrogens (tertiary/aromatic N) is 3. The molecule has 0 aromatic heterocycles. The van der Waals surface area contributed by atoms with Crippen LogP contribution in [0.3, 0.4) is 0 Å². The summed E-state index contributed by atoms with van der Waals surface area (Å²) in [4.78, 5) is 43.1. The minimum atomic E-state index is -0.227. The summed E-state index contributed by atoms with van der Waals surface area (Å²) in [6.45, 7) is 2.57. The number of hydrogen-bond acceptors (Lipinski definition) is 4. The fraction of sp³-hybridized carbons (Fsp3) is 0.550. The number of ether oxygens (including phenoxy) is 1. The van der Waals surface area contributed by atoms with Crippen LogP contribution in [0.2, 0.25) is 0 Å². The van der Waals surface area contributed by atoms with E-state index in [0.29, 0.717) is 56.5 Å². The van der Waals surface area contributed by atoms with Crippen molar-refractivity contribution >= 4 is 17.7 Å². The highest BCUT2D eigenvalue weighted by Crippen LogP contribution is 2.33. The highest BCUT2D eigenvalue weighted by atomic mass is 16.5. The molecule has 2 saturated heterocycles. The quantitative estimate of drug-likeness (QED) is 0.792. The van der Waals surface area contributed by atoms with Gasteiger partial charge in [-0.1, -0.05) is 12.1 Å². The van der Waals surface area contributed by atoms with Crippen molar-refractivity contribution < 1.29 is 19.1 Å². The topological polar surface area (TPSA) is 70.2 Å². The van der Waals surface area contributed by atoms with Gasteiger partial charge in [0.15, 0.2) is 0 Å². The van der Waals surface area contributed by atoms with E-state index in [-0.39, 0.29) is 23.6 Å². The second-order valence-electron chi connectivity index (χ2n) is 7.50. The molecule has 2 heterocycles. The number of amides is 3. The van der Waals surface area contributed by atoms with Gasteiger partial charge in [0.1, 0.15) is 5.75 Å². The lowest BCUT2D eigenvalue weighted by Gasteiger charge is -2.36. The molecule has 27 heavy (non-hydrogen) atoms. The van der Waals surface area contributed by atoms with Crippen molar-refractivity contribution in [3.63, 3.8) is 0 Å². The van der Waals surface area contributed by atoms with Gasteiger partial charge in [-0.3, -0.25) is 14.4 Å². The molecule has 4 rings (SSSR count). The fourth-order valence-electron chi connectivity index (χ4n) is 4.02. The zero-order chi connectivity index (χ0) is 19.0. The van der Waals surface area contributed by atoms with Crippen molar-refractivity contribution in [3.8, 4) is 5.75 Å². The van der Waals surface area contributed by atoms with Crippen LogP contribution in [0.5, 0.6) is 5.75 Å². The number of benzene rings is 1. The maximum Gasteiger partial charge on any atom is 0.257 e. The van der Waals surface area contributed by atoms with Crippen molar-refractivity contribution in [2.24, 2.45) is 5.92 Å². The molecule has 0 N–H and O–H groups in total. The lowest BCUT2D eigenvalue weighted by atomic mass is 10.1. The number of piperazine rings is 1. The second kappa shape index (κ2) is 7.21. The van der Waals surface area contributed by atoms with E-state index in [2.05, 4.69) is 0 Å². The van der Waals surface area contributed by atoms with E-state index in [1.165, 1.54) is 0 Å². The van der Waals surface area contributed by atoms with E-state index >= 15 is 0 Å². The van der Waals surface area contributed by atoms with Crippen LogP contribution in [0.25, 0.3) is 0 Å². The lowest BCUT2D eigenvalue weighted by Crippen LogP contribution is -2.52. The largest absolute Gasteiger partial charge is 0.496 e. The van der Waals surface area contributed by atoms with Crippen molar-refractivity contribution in [2.75, 3.05) is 39.8 Å². The van der Waals surface area contributed by atoms with E-state index in [9.17, 15) is 14.4 Å². The van der Waals surface area contributed by atoms with Crippen LogP contribution in [0.4, 0.5) is 0 Å². The van der Waals surface area contributed by atoms with E-state index in [1.807, 2.05) is 17.0 Å². The summed E-state index contributed by atoms with van der Waals surface area (Å²) in [5, 5.41) is 0. The molecule has 2 aliphatic heterocycles. The Balaban J connectivity index is 1.34. The van der Waals surface area contributed by atoms with Gasteiger partial charge < -0.3 is 19.4 Å². The molecular formula is C20H25N3O4. The summed E-state index contributed by atoms with van der Waals surface area (Å²) >= 11 is 0. The molecule has 0 bridgehead atoms. The van der Waals surface area contributed by atoms with E-state index < -0.39 is 0 Å². The Morgan fingerprint density at radius 2 is 1.70 bits per heavy atom. The average molecular weight is 371 g/mol. The zero-order valence-electron chi connectivity index (χ0n) is 15.6. The lowest BCUT2D eigenvalue weighted by molar-refractivity contribution is -0.137. The number of para-hydroxylation sites is 1. The Kier molecular flexibility index (Phi) is 4.76. The molecule has 3 fully saturated rings. The first-order valence-corrected chi connectivity index (χ1v) is 9.59. The van der Waals surface area contributed by atoms with Crippen LogP contribution < -0.4 is 4.74 Å². The first kappa shape index (κ1) is 17.8. The van der Waals surface area contributed by atoms with Gasteiger partial charge in [0.25, 0.3) is 5.91 Å². The van der Waals surface area contributed by atoms with Gasteiger partial charge in [0.05, 0.1) is 18.6 Å². The van der Waals surface area contributed by atoms with Crippen molar-refractivity contribution in [3.05, 3.63) is 29.8 Å². The zero-order valence-corrected chi connectivity index (χ0v) is 15.6. The van der Waals surface area contributed by atoms with Crippen molar-refractivity contribution in [1.29, 1.82) is 0 Å². The first-order chi connectivity index (χ1) is 13.1. The smallest absolute Gasteiger partial charge is 0.257 e. The molecule has 1 saturated carbocycles. The number of likely N-dealkylation sites (tertiary alicyclic amines) is 1. The molecule has 0 spiro atoms. The molecule has 144 valence electrons. The van der Waals surface area contributed by atoms with Gasteiger partial charge in [-0.05, 0) is 25.0 Å². The van der Waals surface area contributed by atoms with Crippen molar-refractivity contribution in [2.45, 2.75) is 25.3 Å². The summed E-state index contributed by atoms with van der Waals surface area (Å²) in [6.07, 6.45) is 2.46. The van der Waals surface area contributed by atoms with Gasteiger partial charge in [0, 0.05) is 45.2 Å². The molecular weight excluding hydrogens is 346 g/mol. The second-order valence-corrected chi connectivity index (χ2v) is 7.50. The van der Waals surface area contributed by atoms with Gasteiger partial charge in [-0.2, -0.15) is 0 Å². The third-order valence-electron chi connectivity index (χ3n) is 5.71. The third kappa shape index (κ3) is 3.50. The maximum absolute atomic E-state index is 12.8. The average Bonchev–Trinajstić information content (AvgIpc) is 3.48. The van der Waals surface area contributed by atoms with Crippen LogP contribution >= 0.6 is 0 Å². The number of rotatable bonds is 4. The van der Waals surface area contributed by atoms with Crippen LogP contribution in [0, 0.1) is 5.92 Å². The predicted octanol–water partition coefficient (Wildman–Crippen LogP) is 0.990. The number of hydrogen-bond donors (Lipinski definition) is 0. The van der Waals surface area contributed by atoms with Crippen LogP contribution in [-0.4, -0.2) is 78.3 Å². The fourth-order valence-corrected chi connectivity index (χ4v) is 4.02. The Labute approximate surface area is 158 Å². The van der Waals surface area contributed by atoms with Crippen LogP contribution in [-0.2, 0) is 9.59 Å². The predicted molar refractivity (Wildman–Crippen MR) is 98.3 cm³/mol. The molecule has 1 atom stereocenters. The summed E-state index contributed by atoms with van der Waals surface area (Å²) in [5.74, 6) is 0.424. The van der Waals surface area contributed by atoms with Crippen LogP contribution in [0.1, 0.15) is 29.6 Å². The molecule has 3 aliphatic rings. The maximum atomic E-state index is 12.8. The highest BCUT2D eigenvalue weighted by molar-refractivity contribution is 5.97. The summed E-state index contributed by atoms with van der Waals surface area (Å²) in [6, 6.07) is 7.55. The highest BCUT2D eigenvalue weighted by Gasteiger charge is 2.43. The van der Waals surface area contributed by atoms with Gasteiger partial charge in [-0.15, -0.1) is 0 Å². The van der Waals surface area contributed by atoms with Crippen LogP contribution in [0.15, 0.2) is 24.3 Å². The molecule has 1 unspecified atom stereocenters. The number of carbonyl (C=O) groups is 3. The molecule has 1 aromatic rings. The third-order valence-corrected chi connectivity index (χ3v) is 5.71. The van der Waals surface area contributed by atoms with E-state index in [1.54, 1.807) is 29.0 Å². The molecule has 7 nitrogen and oxygen atoms in total. The molecule has 3 amide bonds. The normalized spacial score (nSPS) is 22.9. The van der Waals surface area contributed by atoms with E-state index in [4.69, 9.17) is 4.74 Å². The SMILES string of the molecule is COc1ccccc1C(=O)N1CCN(C(=O)C2CC(=O)N(C3CC3)C2)CC1. The molecule has 7 heteroatoms. The first-order valence-electron chi connectivity index (χ1n) is 9.59. The van der Waals surface area contributed by atoms with Gasteiger partial charge >= 0.3 is 0 Å². The summed E-state index contributed by atoms with van der Waals surface area (Å²) < 4.78 is 5.28. The summed E-state index contributed by atoms with van der Waals surface area (Å²) in [7, 11) is 1.55. The Hall–Kier alpha value is -2.57. The summed E-state index contributed by atoms with van der Waals surface area (Å²) in [5.41, 5.74) is 0.543. The molecule has 0 radical (unpaired) electrons. The minimum Gasteiger partial charge on any atom is -0.496 e. The Morgan fingerprint density at radius 3 is 2.37 bits per heavy atom. The van der Waals surface area contributed by atoms with Crippen molar-refractivity contribution in [1.82, 2.24) is 14.7 Å². The molecule has 1 aromatic carbocycles. The monoisotopic (exact) mass is 371 g/mol. The molecule has 1 aliphatic carbocycles. The Morgan fingerprint density at radius 1 is 1.04 bits per heavy atom. The number of methoxy groups -OCH3 is 1. The Bertz CT molecular complexity index is 753. The minimum absolute atomic E-state index is 0.0518. The van der Waals surface area contributed by atoms with Gasteiger partial charge in [-0.25, -0.2) is 0 Å². The van der Waals surface area contributed by atoms with Gasteiger partial charge in [0.2, 0.25) is 11.8 Å². The standard InChI is InChI=1S/C20H25N3O4/c1-27-17-5-3-2-4-16(17)20(26)22-10-8-21(9-11-22)19(25)14-12-18(24)23(13-14)15-6-7-15/h2-5,14-15H,6-13H2,1H3. The van der Waals surface area contributed by atoms with E-state index in [0.717, 1.165) is 12.8 Å².